The van der Waals surface area contributed by atoms with Crippen molar-refractivity contribution in [1.82, 2.24) is 10.2 Å². The number of hydrogen-bond acceptors (Lipinski definition) is 4. The van der Waals surface area contributed by atoms with Gasteiger partial charge in [-0.15, -0.1) is 0 Å². The number of benzene rings is 4. The summed E-state index contributed by atoms with van der Waals surface area (Å²) < 4.78 is 70.6. The van der Waals surface area contributed by atoms with Crippen molar-refractivity contribution in [2.45, 2.75) is 56.4 Å². The molecule has 0 aliphatic carbocycles. The summed E-state index contributed by atoms with van der Waals surface area (Å²) in [6, 6.07) is 21.6. The van der Waals surface area contributed by atoms with Crippen LogP contribution in [0.25, 0.3) is 0 Å². The van der Waals surface area contributed by atoms with Crippen LogP contribution in [0.3, 0.4) is 0 Å². The van der Waals surface area contributed by atoms with Crippen LogP contribution >= 0.6 is 34.8 Å². The van der Waals surface area contributed by atoms with Crippen molar-refractivity contribution < 1.29 is 31.2 Å². The van der Waals surface area contributed by atoms with Crippen LogP contribution in [0.4, 0.5) is 18.9 Å². The first-order valence-electron chi connectivity index (χ1n) is 15.1. The molecule has 4 rings (SSSR count). The molecule has 0 spiro atoms. The maximum atomic E-state index is 14.6. The second kappa shape index (κ2) is 16.3. The Labute approximate surface area is 298 Å². The number of carbonyl (C=O) groups is 2. The van der Waals surface area contributed by atoms with Gasteiger partial charge in [-0.05, 0) is 66.9 Å². The Morgan fingerprint density at radius 1 is 0.857 bits per heavy atom. The minimum atomic E-state index is -4.93. The summed E-state index contributed by atoms with van der Waals surface area (Å²) in [5.74, 6) is -1.39. The second-order valence-electron chi connectivity index (χ2n) is 11.3. The van der Waals surface area contributed by atoms with Crippen molar-refractivity contribution in [2.24, 2.45) is 0 Å². The third kappa shape index (κ3) is 9.69. The molecule has 14 heteroatoms. The minimum Gasteiger partial charge on any atom is -0.352 e. The molecule has 0 bridgehead atoms. The molecule has 2 atom stereocenters. The second-order valence-corrected chi connectivity index (χ2v) is 14.4. The molecule has 4 aromatic rings. The lowest BCUT2D eigenvalue weighted by Crippen LogP contribution is -2.54. The van der Waals surface area contributed by atoms with Gasteiger partial charge in [0.2, 0.25) is 11.8 Å². The van der Waals surface area contributed by atoms with Gasteiger partial charge in [-0.25, -0.2) is 8.42 Å². The number of halogens is 6. The Morgan fingerprint density at radius 3 is 2.08 bits per heavy atom. The number of anilines is 1. The van der Waals surface area contributed by atoms with Crippen molar-refractivity contribution >= 4 is 62.3 Å². The highest BCUT2D eigenvalue weighted by Gasteiger charge is 2.38. The summed E-state index contributed by atoms with van der Waals surface area (Å²) in [5, 5.41) is 2.77. The van der Waals surface area contributed by atoms with E-state index < -0.39 is 56.9 Å². The smallest absolute Gasteiger partial charge is 0.352 e. The molecule has 0 aromatic heterocycles. The first kappa shape index (κ1) is 38.0. The van der Waals surface area contributed by atoms with E-state index in [1.807, 2.05) is 6.92 Å². The van der Waals surface area contributed by atoms with Gasteiger partial charge in [-0.2, -0.15) is 13.2 Å². The van der Waals surface area contributed by atoms with Gasteiger partial charge >= 0.3 is 6.18 Å². The molecule has 0 radical (unpaired) electrons. The van der Waals surface area contributed by atoms with E-state index in [9.17, 15) is 31.2 Å². The zero-order chi connectivity index (χ0) is 35.9. The Morgan fingerprint density at radius 2 is 1.49 bits per heavy atom. The summed E-state index contributed by atoms with van der Waals surface area (Å²) in [7, 11) is -4.64. The SMILES string of the molecule is CCC(C)NC(=O)C(Cc1ccccc1)N(Cc1ccc(Cl)cc1Cl)C(=O)CN(c1ccc(Cl)c(C(F)(F)F)c1)S(=O)(=O)c1ccccc1. The van der Waals surface area contributed by atoms with Crippen LogP contribution < -0.4 is 9.62 Å². The molecule has 0 aliphatic heterocycles. The summed E-state index contributed by atoms with van der Waals surface area (Å²) in [6.45, 7) is 2.45. The van der Waals surface area contributed by atoms with E-state index in [1.165, 1.54) is 35.2 Å². The van der Waals surface area contributed by atoms with E-state index in [1.54, 1.807) is 55.5 Å². The van der Waals surface area contributed by atoms with Crippen LogP contribution in [0.5, 0.6) is 0 Å². The van der Waals surface area contributed by atoms with Crippen molar-refractivity contribution in [3.8, 4) is 0 Å². The number of alkyl halides is 3. The Balaban J connectivity index is 1.88. The van der Waals surface area contributed by atoms with Crippen molar-refractivity contribution in [3.63, 3.8) is 0 Å². The fourth-order valence-corrected chi connectivity index (χ4v) is 7.08. The zero-order valence-corrected chi connectivity index (χ0v) is 29.5. The van der Waals surface area contributed by atoms with Gasteiger partial charge in [-0.1, -0.05) is 96.3 Å². The van der Waals surface area contributed by atoms with E-state index in [0.717, 1.165) is 12.1 Å². The number of nitrogens with one attached hydrogen (secondary N) is 1. The predicted molar refractivity (Wildman–Crippen MR) is 186 cm³/mol. The highest BCUT2D eigenvalue weighted by atomic mass is 35.5. The standard InChI is InChI=1S/C35H33Cl3F3N3O4S/c1-3-23(2)42-34(46)32(18-24-10-6-4-7-11-24)43(21-25-14-15-26(36)19-31(25)38)33(45)22-44(49(47,48)28-12-8-5-9-13-28)27-16-17-30(37)29(20-27)35(39,40)41/h4-17,19-20,23,32H,3,18,21-22H2,1-2H3,(H,42,46). The first-order chi connectivity index (χ1) is 23.1. The van der Waals surface area contributed by atoms with Gasteiger partial charge in [0.15, 0.2) is 0 Å². The molecule has 0 fully saturated rings. The average Bonchev–Trinajstić information content (AvgIpc) is 3.06. The van der Waals surface area contributed by atoms with Crippen LogP contribution in [-0.2, 0) is 38.8 Å². The van der Waals surface area contributed by atoms with Gasteiger partial charge in [-0.3, -0.25) is 13.9 Å². The van der Waals surface area contributed by atoms with Crippen LogP contribution in [0.2, 0.25) is 15.1 Å². The predicted octanol–water partition coefficient (Wildman–Crippen LogP) is 8.42. The number of sulfonamides is 1. The minimum absolute atomic E-state index is 0.0324. The number of carbonyl (C=O) groups excluding carboxylic acids is 2. The van der Waals surface area contributed by atoms with Gasteiger partial charge < -0.3 is 10.2 Å². The van der Waals surface area contributed by atoms with Crippen LogP contribution in [0.15, 0.2) is 102 Å². The molecule has 2 amide bonds. The summed E-state index contributed by atoms with van der Waals surface area (Å²) >= 11 is 18.5. The highest BCUT2D eigenvalue weighted by molar-refractivity contribution is 7.92. The average molecular weight is 755 g/mol. The van der Waals surface area contributed by atoms with E-state index in [-0.39, 0.29) is 28.9 Å². The third-order valence-corrected chi connectivity index (χ3v) is 10.5. The number of rotatable bonds is 13. The van der Waals surface area contributed by atoms with E-state index >= 15 is 0 Å². The monoisotopic (exact) mass is 753 g/mol. The lowest BCUT2D eigenvalue weighted by atomic mass is 10.0. The van der Waals surface area contributed by atoms with E-state index in [4.69, 9.17) is 34.8 Å². The summed E-state index contributed by atoms with van der Waals surface area (Å²) in [6.07, 6.45) is -4.31. The topological polar surface area (TPSA) is 86.8 Å². The normalized spacial score (nSPS) is 13.0. The summed E-state index contributed by atoms with van der Waals surface area (Å²) in [4.78, 5) is 29.4. The van der Waals surface area contributed by atoms with Crippen LogP contribution in [0, 0.1) is 0 Å². The van der Waals surface area contributed by atoms with Gasteiger partial charge in [0.25, 0.3) is 10.0 Å². The van der Waals surface area contributed by atoms with E-state index in [2.05, 4.69) is 5.32 Å². The maximum absolute atomic E-state index is 14.6. The molecule has 0 aliphatic rings. The molecule has 7 nitrogen and oxygen atoms in total. The van der Waals surface area contributed by atoms with Gasteiger partial charge in [0, 0.05) is 29.1 Å². The van der Waals surface area contributed by atoms with Gasteiger partial charge in [0.1, 0.15) is 12.6 Å². The van der Waals surface area contributed by atoms with Crippen LogP contribution in [-0.4, -0.2) is 43.8 Å². The van der Waals surface area contributed by atoms with E-state index in [0.29, 0.717) is 32.9 Å². The fraction of sp³-hybridized carbons (Fsp3) is 0.257. The number of nitrogens with zero attached hydrogens (tertiary/aromatic N) is 2. The lowest BCUT2D eigenvalue weighted by Gasteiger charge is -2.34. The van der Waals surface area contributed by atoms with Crippen molar-refractivity contribution in [1.29, 1.82) is 0 Å². The molecular weight excluding hydrogens is 722 g/mol. The highest BCUT2D eigenvalue weighted by Crippen LogP contribution is 2.38. The first-order valence-corrected chi connectivity index (χ1v) is 17.7. The van der Waals surface area contributed by atoms with Crippen LogP contribution in [0.1, 0.15) is 37.0 Å². The number of hydrogen-bond donors (Lipinski definition) is 1. The van der Waals surface area contributed by atoms with Crippen molar-refractivity contribution in [3.05, 3.63) is 129 Å². The zero-order valence-electron chi connectivity index (χ0n) is 26.4. The molecule has 2 unspecified atom stereocenters. The molecule has 0 saturated carbocycles. The third-order valence-electron chi connectivity index (χ3n) is 7.78. The Kier molecular flexibility index (Phi) is 12.6. The Hall–Kier alpha value is -3.77. The molecule has 260 valence electrons. The number of amides is 2. The fourth-order valence-electron chi connectivity index (χ4n) is 4.96. The largest absolute Gasteiger partial charge is 0.417 e. The molecule has 1 N–H and O–H groups in total. The quantitative estimate of drug-likeness (QED) is 0.149. The maximum Gasteiger partial charge on any atom is 0.417 e. The molecule has 0 saturated heterocycles. The summed E-state index contributed by atoms with van der Waals surface area (Å²) in [5.41, 5.74) is -0.639. The van der Waals surface area contributed by atoms with Crippen molar-refractivity contribution in [2.75, 3.05) is 10.8 Å². The van der Waals surface area contributed by atoms with Gasteiger partial charge in [0.05, 0.1) is 21.2 Å². The molecule has 49 heavy (non-hydrogen) atoms. The molecule has 0 heterocycles. The lowest BCUT2D eigenvalue weighted by molar-refractivity contribution is -0.140. The molecular formula is C35H33Cl3F3N3O4S. The molecule has 4 aromatic carbocycles. The Bertz CT molecular complexity index is 1880.